The second-order valence-corrected chi connectivity index (χ2v) is 2.86. The summed E-state index contributed by atoms with van der Waals surface area (Å²) in [6, 6.07) is 5.63. The maximum atomic E-state index is 7.42. The molecule has 0 fully saturated rings. The lowest BCUT2D eigenvalue weighted by Crippen LogP contribution is -2.03. The molecule has 0 heterocycles. The Kier molecular flexibility index (Phi) is 2.80. The minimum Gasteiger partial charge on any atom is -0.428 e. The normalized spacial score (nSPS) is 9.38. The first kappa shape index (κ1) is 9.45. The van der Waals surface area contributed by atoms with E-state index in [9.17, 15) is 0 Å². The smallest absolute Gasteiger partial charge is 0.220 e. The zero-order chi connectivity index (χ0) is 9.84. The number of ether oxygens (including phenoxy) is 1. The van der Waals surface area contributed by atoms with Crippen molar-refractivity contribution in [2.45, 2.75) is 13.8 Å². The lowest BCUT2D eigenvalue weighted by Gasteiger charge is -2.04. The topological polar surface area (TPSA) is 56.9 Å². The third-order valence-electron chi connectivity index (χ3n) is 1.95. The second-order valence-electron chi connectivity index (χ2n) is 2.86. The van der Waals surface area contributed by atoms with Gasteiger partial charge in [-0.1, -0.05) is 6.07 Å². The molecule has 0 saturated heterocycles. The molecule has 0 aliphatic rings. The van der Waals surface area contributed by atoms with Crippen molar-refractivity contribution < 1.29 is 4.74 Å². The van der Waals surface area contributed by atoms with Gasteiger partial charge in [-0.2, -0.15) is 0 Å². The summed E-state index contributed by atoms with van der Waals surface area (Å²) in [5.41, 5.74) is 3.01. The molecule has 1 aromatic rings. The van der Waals surface area contributed by atoms with Gasteiger partial charge in [-0.05, 0) is 37.1 Å². The van der Waals surface area contributed by atoms with E-state index in [1.165, 1.54) is 5.56 Å². The zero-order valence-corrected chi connectivity index (χ0v) is 7.72. The third kappa shape index (κ3) is 2.15. The molecule has 0 aliphatic carbocycles. The Labute approximate surface area is 77.4 Å². The average molecular weight is 176 g/mol. The zero-order valence-electron chi connectivity index (χ0n) is 7.72. The van der Waals surface area contributed by atoms with Crippen molar-refractivity contribution >= 4 is 12.3 Å². The van der Waals surface area contributed by atoms with E-state index in [4.69, 9.17) is 10.8 Å². The summed E-state index contributed by atoms with van der Waals surface area (Å²) in [7, 11) is 0. The van der Waals surface area contributed by atoms with E-state index in [2.05, 4.69) is 4.74 Å². The van der Waals surface area contributed by atoms with Crippen molar-refractivity contribution in [1.82, 2.24) is 0 Å². The molecule has 2 N–H and O–H groups in total. The quantitative estimate of drug-likeness (QED) is 0.527. The van der Waals surface area contributed by atoms with Gasteiger partial charge in [-0.15, -0.1) is 0 Å². The summed E-state index contributed by atoms with van der Waals surface area (Å²) in [5.74, 6) is 0.0121. The van der Waals surface area contributed by atoms with Crippen molar-refractivity contribution in [2.24, 2.45) is 0 Å². The molecule has 0 amide bonds. The molecule has 0 radical (unpaired) electrons. The summed E-state index contributed by atoms with van der Waals surface area (Å²) in [6.07, 6.45) is 0.761. The van der Waals surface area contributed by atoms with E-state index < -0.39 is 0 Å². The molecule has 0 aromatic heterocycles. The van der Waals surface area contributed by atoms with Crippen LogP contribution in [-0.4, -0.2) is 12.3 Å². The summed E-state index contributed by atoms with van der Waals surface area (Å²) in [4.78, 5) is 0. The molecule has 0 aliphatic heterocycles. The van der Waals surface area contributed by atoms with Crippen LogP contribution in [0.15, 0.2) is 18.2 Å². The lowest BCUT2D eigenvalue weighted by atomic mass is 10.1. The molecular weight excluding hydrogens is 164 g/mol. The van der Waals surface area contributed by atoms with Crippen LogP contribution in [0.25, 0.3) is 0 Å². The van der Waals surface area contributed by atoms with Gasteiger partial charge in [-0.25, -0.2) is 0 Å². The van der Waals surface area contributed by atoms with Crippen LogP contribution in [0, 0.1) is 24.7 Å². The molecule has 0 unspecified atom stereocenters. The van der Waals surface area contributed by atoms with E-state index >= 15 is 0 Å². The van der Waals surface area contributed by atoms with Gasteiger partial charge in [0, 0.05) is 5.56 Å². The van der Waals surface area contributed by atoms with E-state index in [1.54, 1.807) is 0 Å². The average Bonchev–Trinajstić information content (AvgIpc) is 2.10. The Morgan fingerprint density at radius 1 is 1.31 bits per heavy atom. The molecule has 68 valence electrons. The highest BCUT2D eigenvalue weighted by atomic mass is 16.5. The molecule has 0 bridgehead atoms. The summed E-state index contributed by atoms with van der Waals surface area (Å²) < 4.78 is 4.65. The second kappa shape index (κ2) is 3.85. The highest BCUT2D eigenvalue weighted by Crippen LogP contribution is 2.10. The van der Waals surface area contributed by atoms with Gasteiger partial charge in [0.25, 0.3) is 0 Å². The lowest BCUT2D eigenvalue weighted by molar-refractivity contribution is 0.561. The first-order chi connectivity index (χ1) is 6.15. The van der Waals surface area contributed by atoms with Gasteiger partial charge in [0.15, 0.2) is 6.40 Å². The first-order valence-electron chi connectivity index (χ1n) is 3.97. The Bertz CT molecular complexity index is 345. The fourth-order valence-electron chi connectivity index (χ4n) is 1.01. The molecule has 1 rings (SSSR count). The van der Waals surface area contributed by atoms with Crippen LogP contribution >= 0.6 is 0 Å². The van der Waals surface area contributed by atoms with E-state index in [0.717, 1.165) is 12.0 Å². The molecule has 13 heavy (non-hydrogen) atoms. The van der Waals surface area contributed by atoms with Crippen LogP contribution in [0.1, 0.15) is 16.7 Å². The minimum atomic E-state index is 0.0121. The first-order valence-corrected chi connectivity index (χ1v) is 3.97. The van der Waals surface area contributed by atoms with Crippen molar-refractivity contribution in [1.29, 1.82) is 10.8 Å². The number of hydrogen-bond donors (Lipinski definition) is 2. The minimum absolute atomic E-state index is 0.0121. The SMILES string of the molecule is Cc1ccc(C(=N)OC=N)cc1C. The fourth-order valence-corrected chi connectivity index (χ4v) is 1.01. The molecule has 0 spiro atoms. The third-order valence-corrected chi connectivity index (χ3v) is 1.95. The molecule has 3 nitrogen and oxygen atoms in total. The Morgan fingerprint density at radius 2 is 2.00 bits per heavy atom. The van der Waals surface area contributed by atoms with Gasteiger partial charge in [-0.3, -0.25) is 10.8 Å². The standard InChI is InChI=1S/C10H12N2O/c1-7-3-4-9(5-8(7)2)10(12)13-6-11/h3-6,11-12H,1-2H3. The number of nitrogens with one attached hydrogen (secondary N) is 2. The van der Waals surface area contributed by atoms with Crippen LogP contribution in [0.2, 0.25) is 0 Å². The predicted molar refractivity (Wildman–Crippen MR) is 52.6 cm³/mol. The number of benzene rings is 1. The summed E-state index contributed by atoms with van der Waals surface area (Å²) in [5, 5.41) is 14.1. The van der Waals surface area contributed by atoms with Crippen molar-refractivity contribution in [3.05, 3.63) is 34.9 Å². The van der Waals surface area contributed by atoms with Crippen molar-refractivity contribution in [3.8, 4) is 0 Å². The monoisotopic (exact) mass is 176 g/mol. The van der Waals surface area contributed by atoms with Crippen LogP contribution in [-0.2, 0) is 4.74 Å². The van der Waals surface area contributed by atoms with Gasteiger partial charge in [0.1, 0.15) is 0 Å². The predicted octanol–water partition coefficient (Wildman–Crippen LogP) is 2.25. The fraction of sp³-hybridized carbons (Fsp3) is 0.200. The summed E-state index contributed by atoms with van der Waals surface area (Å²) >= 11 is 0. The van der Waals surface area contributed by atoms with E-state index in [1.807, 2.05) is 32.0 Å². The number of hydrogen-bond acceptors (Lipinski definition) is 3. The van der Waals surface area contributed by atoms with Gasteiger partial charge in [0.05, 0.1) is 0 Å². The summed E-state index contributed by atoms with van der Waals surface area (Å²) in [6.45, 7) is 4.00. The largest absolute Gasteiger partial charge is 0.428 e. The highest BCUT2D eigenvalue weighted by molar-refractivity contribution is 5.95. The van der Waals surface area contributed by atoms with Gasteiger partial charge >= 0.3 is 0 Å². The Morgan fingerprint density at radius 3 is 2.54 bits per heavy atom. The van der Waals surface area contributed by atoms with E-state index in [0.29, 0.717) is 5.56 Å². The Hall–Kier alpha value is -1.64. The Balaban J connectivity index is 2.96. The van der Waals surface area contributed by atoms with Crippen molar-refractivity contribution in [2.75, 3.05) is 0 Å². The van der Waals surface area contributed by atoms with Crippen LogP contribution < -0.4 is 0 Å². The molecule has 0 atom stereocenters. The molecule has 3 heteroatoms. The molecule has 1 aromatic carbocycles. The van der Waals surface area contributed by atoms with Gasteiger partial charge < -0.3 is 4.74 Å². The maximum absolute atomic E-state index is 7.42. The van der Waals surface area contributed by atoms with Crippen LogP contribution in [0.3, 0.4) is 0 Å². The number of rotatable bonds is 2. The highest BCUT2D eigenvalue weighted by Gasteiger charge is 2.02. The maximum Gasteiger partial charge on any atom is 0.220 e. The van der Waals surface area contributed by atoms with E-state index in [-0.39, 0.29) is 5.90 Å². The number of aryl methyl sites for hydroxylation is 2. The van der Waals surface area contributed by atoms with Crippen LogP contribution in [0.4, 0.5) is 0 Å². The van der Waals surface area contributed by atoms with Crippen LogP contribution in [0.5, 0.6) is 0 Å². The van der Waals surface area contributed by atoms with Crippen molar-refractivity contribution in [3.63, 3.8) is 0 Å². The molecular formula is C10H12N2O. The van der Waals surface area contributed by atoms with Gasteiger partial charge in [0.2, 0.25) is 5.90 Å². The molecule has 0 saturated carbocycles.